The lowest BCUT2D eigenvalue weighted by atomic mass is 10.2. The van der Waals surface area contributed by atoms with Crippen LogP contribution in [-0.2, 0) is 14.6 Å². The Morgan fingerprint density at radius 2 is 2.19 bits per heavy atom. The Kier molecular flexibility index (Phi) is 5.88. The van der Waals surface area contributed by atoms with Gasteiger partial charge in [-0.1, -0.05) is 6.92 Å². The van der Waals surface area contributed by atoms with Crippen LogP contribution in [0.3, 0.4) is 0 Å². The Morgan fingerprint density at radius 3 is 2.71 bits per heavy atom. The van der Waals surface area contributed by atoms with Gasteiger partial charge in [-0.05, 0) is 25.9 Å². The summed E-state index contributed by atoms with van der Waals surface area (Å²) in [6, 6.07) is -0.0159. The molecule has 8 heteroatoms. The van der Waals surface area contributed by atoms with E-state index in [1.807, 2.05) is 6.92 Å². The van der Waals surface area contributed by atoms with Gasteiger partial charge in [0.1, 0.15) is 0 Å². The first-order chi connectivity index (χ1) is 9.89. The number of nitrogens with one attached hydrogen (secondary N) is 2. The van der Waals surface area contributed by atoms with Crippen molar-refractivity contribution in [2.24, 2.45) is 0 Å². The van der Waals surface area contributed by atoms with Crippen molar-refractivity contribution in [3.8, 4) is 0 Å². The van der Waals surface area contributed by atoms with E-state index < -0.39 is 21.3 Å². The van der Waals surface area contributed by atoms with E-state index in [0.717, 1.165) is 26.1 Å². The second-order valence-corrected chi connectivity index (χ2v) is 8.60. The minimum atomic E-state index is -3.11. The number of hydrogen-bond acceptors (Lipinski definition) is 5. The van der Waals surface area contributed by atoms with E-state index in [1.165, 1.54) is 6.42 Å². The average molecular weight is 338 g/mol. The number of sulfone groups is 1. The third kappa shape index (κ3) is 5.09. The Bertz CT molecular complexity index is 465. The van der Waals surface area contributed by atoms with Crippen molar-refractivity contribution in [2.75, 3.05) is 37.7 Å². The molecule has 2 aliphatic rings. The van der Waals surface area contributed by atoms with Crippen LogP contribution < -0.4 is 10.6 Å². The summed E-state index contributed by atoms with van der Waals surface area (Å²) in [6.45, 7) is 4.99. The number of alkyl halides is 1. The van der Waals surface area contributed by atoms with Gasteiger partial charge in [0.25, 0.3) is 0 Å². The highest BCUT2D eigenvalue weighted by Gasteiger charge is 2.37. The van der Waals surface area contributed by atoms with Crippen LogP contribution in [0.2, 0.25) is 0 Å². The maximum Gasteiger partial charge on any atom is 0.234 e. The van der Waals surface area contributed by atoms with Crippen LogP contribution in [0.5, 0.6) is 0 Å². The minimum Gasteiger partial charge on any atom is -0.350 e. The molecule has 1 amide bonds. The topological polar surface area (TPSA) is 78.5 Å². The monoisotopic (exact) mass is 337 g/mol. The molecule has 0 radical (unpaired) electrons. The number of hydrogen-bond donors (Lipinski definition) is 2. The zero-order chi connectivity index (χ0) is 15.5. The minimum absolute atomic E-state index is 0.0524. The maximum atomic E-state index is 12.1. The summed E-state index contributed by atoms with van der Waals surface area (Å²) in [5.74, 6) is -0.255. The highest BCUT2D eigenvalue weighted by molar-refractivity contribution is 7.91. The summed E-state index contributed by atoms with van der Waals surface area (Å²) in [4.78, 5) is 14.1. The van der Waals surface area contributed by atoms with Crippen LogP contribution >= 0.6 is 11.6 Å². The molecule has 0 saturated carbocycles. The van der Waals surface area contributed by atoms with Crippen LogP contribution in [-0.4, -0.2) is 74.4 Å². The van der Waals surface area contributed by atoms with E-state index in [0.29, 0.717) is 6.04 Å². The van der Waals surface area contributed by atoms with Gasteiger partial charge in [0.05, 0.1) is 29.5 Å². The summed E-state index contributed by atoms with van der Waals surface area (Å²) >= 11 is 6.00. The zero-order valence-corrected chi connectivity index (χ0v) is 13.9. The first kappa shape index (κ1) is 17.0. The molecule has 3 unspecified atom stereocenters. The number of carbonyl (C=O) groups excluding carboxylic acids is 1. The summed E-state index contributed by atoms with van der Waals surface area (Å²) < 4.78 is 23.0. The van der Waals surface area contributed by atoms with Crippen LogP contribution in [0.1, 0.15) is 19.8 Å². The third-order valence-corrected chi connectivity index (χ3v) is 6.46. The fraction of sp³-hybridized carbons (Fsp3) is 0.923. The number of halogens is 1. The number of carbonyl (C=O) groups is 1. The second kappa shape index (κ2) is 7.26. The molecule has 6 nitrogen and oxygen atoms in total. The first-order valence-corrected chi connectivity index (χ1v) is 9.75. The molecule has 2 saturated heterocycles. The fourth-order valence-electron chi connectivity index (χ4n) is 2.92. The summed E-state index contributed by atoms with van der Waals surface area (Å²) in [6.07, 6.45) is 2.32. The molecule has 2 fully saturated rings. The van der Waals surface area contributed by atoms with Gasteiger partial charge >= 0.3 is 0 Å². The Morgan fingerprint density at radius 1 is 1.43 bits per heavy atom. The van der Waals surface area contributed by atoms with Gasteiger partial charge in [-0.25, -0.2) is 8.42 Å². The van der Waals surface area contributed by atoms with Crippen LogP contribution in [0.15, 0.2) is 0 Å². The molecule has 2 rings (SSSR count). The van der Waals surface area contributed by atoms with Gasteiger partial charge in [0.2, 0.25) is 5.91 Å². The molecular formula is C13H24ClN3O3S. The molecule has 2 heterocycles. The van der Waals surface area contributed by atoms with E-state index in [2.05, 4.69) is 15.5 Å². The summed E-state index contributed by atoms with van der Waals surface area (Å²) in [7, 11) is -3.11. The average Bonchev–Trinajstić information content (AvgIpc) is 2.96. The molecule has 21 heavy (non-hydrogen) atoms. The molecule has 0 aromatic carbocycles. The van der Waals surface area contributed by atoms with Crippen molar-refractivity contribution in [3.05, 3.63) is 0 Å². The Labute approximate surface area is 131 Å². The first-order valence-electron chi connectivity index (χ1n) is 7.49. The van der Waals surface area contributed by atoms with Gasteiger partial charge in [-0.3, -0.25) is 9.69 Å². The van der Waals surface area contributed by atoms with E-state index in [9.17, 15) is 13.2 Å². The van der Waals surface area contributed by atoms with Gasteiger partial charge in [0.15, 0.2) is 9.84 Å². The van der Waals surface area contributed by atoms with Crippen LogP contribution in [0.25, 0.3) is 0 Å². The highest BCUT2D eigenvalue weighted by Crippen LogP contribution is 2.18. The van der Waals surface area contributed by atoms with Crippen molar-refractivity contribution in [2.45, 2.75) is 37.2 Å². The zero-order valence-electron chi connectivity index (χ0n) is 12.3. The summed E-state index contributed by atoms with van der Waals surface area (Å²) in [5.41, 5.74) is 0. The summed E-state index contributed by atoms with van der Waals surface area (Å²) in [5, 5.41) is 5.65. The number of amides is 1. The van der Waals surface area contributed by atoms with E-state index in [4.69, 9.17) is 11.6 Å². The standard InChI is InChI=1S/C13H24ClN3O3S/c1-2-17(6-10-4-3-5-15-10)7-13(18)16-12-9-21(19,20)8-11(12)14/h10-12,15H,2-9H2,1H3,(H,16,18). The molecule has 0 bridgehead atoms. The number of nitrogens with zero attached hydrogens (tertiary/aromatic N) is 1. The van der Waals surface area contributed by atoms with Crippen molar-refractivity contribution in [1.29, 1.82) is 0 Å². The smallest absolute Gasteiger partial charge is 0.234 e. The van der Waals surface area contributed by atoms with Gasteiger partial charge in [-0.15, -0.1) is 11.6 Å². The van der Waals surface area contributed by atoms with E-state index in [1.54, 1.807) is 0 Å². The third-order valence-electron chi connectivity index (χ3n) is 4.09. The van der Waals surface area contributed by atoms with Gasteiger partial charge < -0.3 is 10.6 Å². The van der Waals surface area contributed by atoms with Crippen molar-refractivity contribution in [1.82, 2.24) is 15.5 Å². The molecule has 2 N–H and O–H groups in total. The molecular weight excluding hydrogens is 314 g/mol. The van der Waals surface area contributed by atoms with E-state index >= 15 is 0 Å². The molecule has 122 valence electrons. The Hall–Kier alpha value is -0.370. The molecule has 2 aliphatic heterocycles. The van der Waals surface area contributed by atoms with Crippen LogP contribution in [0, 0.1) is 0 Å². The predicted octanol–water partition coefficient (Wildman–Crippen LogP) is -0.419. The lowest BCUT2D eigenvalue weighted by molar-refractivity contribution is -0.122. The lowest BCUT2D eigenvalue weighted by Crippen LogP contribution is -2.47. The largest absolute Gasteiger partial charge is 0.350 e. The quantitative estimate of drug-likeness (QED) is 0.644. The second-order valence-electron chi connectivity index (χ2n) is 5.89. The fourth-order valence-corrected chi connectivity index (χ4v) is 5.47. The van der Waals surface area contributed by atoms with Crippen molar-refractivity contribution >= 4 is 27.3 Å². The maximum absolute atomic E-state index is 12.1. The number of rotatable bonds is 6. The van der Waals surface area contributed by atoms with Crippen LogP contribution in [0.4, 0.5) is 0 Å². The van der Waals surface area contributed by atoms with Gasteiger partial charge in [-0.2, -0.15) is 0 Å². The van der Waals surface area contributed by atoms with Gasteiger partial charge in [0, 0.05) is 12.6 Å². The number of likely N-dealkylation sites (N-methyl/N-ethyl adjacent to an activating group) is 1. The Balaban J connectivity index is 1.79. The normalized spacial score (nSPS) is 31.7. The molecule has 0 aromatic heterocycles. The SMILES string of the molecule is CCN(CC(=O)NC1CS(=O)(=O)CC1Cl)CC1CCCN1. The van der Waals surface area contributed by atoms with Crippen molar-refractivity contribution < 1.29 is 13.2 Å². The van der Waals surface area contributed by atoms with E-state index in [-0.39, 0.29) is 24.0 Å². The lowest BCUT2D eigenvalue weighted by Gasteiger charge is -2.24. The molecule has 0 aromatic rings. The molecule has 3 atom stereocenters. The molecule has 0 spiro atoms. The molecule has 0 aliphatic carbocycles. The predicted molar refractivity (Wildman–Crippen MR) is 83.4 cm³/mol. The van der Waals surface area contributed by atoms with Crippen molar-refractivity contribution in [3.63, 3.8) is 0 Å². The highest BCUT2D eigenvalue weighted by atomic mass is 35.5.